The number of benzene rings is 2. The Morgan fingerprint density at radius 2 is 1.75 bits per heavy atom. The van der Waals surface area contributed by atoms with E-state index >= 15 is 0 Å². The summed E-state index contributed by atoms with van der Waals surface area (Å²) in [5, 5.41) is 2.82. The number of rotatable bonds is 5. The first-order valence-corrected chi connectivity index (χ1v) is 9.51. The smallest absolute Gasteiger partial charge is 0.262 e. The molecule has 0 spiro atoms. The zero-order chi connectivity index (χ0) is 20.1. The highest BCUT2D eigenvalue weighted by molar-refractivity contribution is 6.04. The Morgan fingerprint density at radius 1 is 1.04 bits per heavy atom. The lowest BCUT2D eigenvalue weighted by Crippen LogP contribution is -2.47. The second kappa shape index (κ2) is 8.89. The quantitative estimate of drug-likeness (QED) is 0.865. The zero-order valence-electron chi connectivity index (χ0n) is 16.7. The number of amides is 2. The molecule has 0 aliphatic carbocycles. The number of likely N-dealkylation sites (N-methyl/N-ethyl adjacent to an activating group) is 1. The number of nitrogens with one attached hydrogen (secondary N) is 1. The largest absolute Gasteiger partial charge is 0.483 e. The minimum atomic E-state index is -0.293. The van der Waals surface area contributed by atoms with Gasteiger partial charge in [-0.3, -0.25) is 9.59 Å². The molecule has 2 amide bonds. The number of hydrogen-bond acceptors (Lipinski definition) is 4. The third kappa shape index (κ3) is 4.89. The number of para-hydroxylation sites is 1. The van der Waals surface area contributed by atoms with E-state index in [-0.39, 0.29) is 18.4 Å². The van der Waals surface area contributed by atoms with Crippen LogP contribution in [0.1, 0.15) is 21.5 Å². The summed E-state index contributed by atoms with van der Waals surface area (Å²) in [4.78, 5) is 29.3. The minimum Gasteiger partial charge on any atom is -0.483 e. The molecule has 0 radical (unpaired) electrons. The van der Waals surface area contributed by atoms with Crippen molar-refractivity contribution in [2.24, 2.45) is 0 Å². The third-order valence-corrected chi connectivity index (χ3v) is 4.91. The maximum atomic E-state index is 12.9. The molecule has 0 bridgehead atoms. The Morgan fingerprint density at radius 3 is 2.46 bits per heavy atom. The van der Waals surface area contributed by atoms with Crippen molar-refractivity contribution in [2.75, 3.05) is 45.2 Å². The van der Waals surface area contributed by atoms with E-state index in [0.717, 1.165) is 24.2 Å². The lowest BCUT2D eigenvalue weighted by molar-refractivity contribution is -0.118. The molecule has 2 aromatic carbocycles. The van der Waals surface area contributed by atoms with Gasteiger partial charge in [-0.15, -0.1) is 0 Å². The summed E-state index contributed by atoms with van der Waals surface area (Å²) < 4.78 is 5.64. The van der Waals surface area contributed by atoms with Crippen molar-refractivity contribution in [1.29, 1.82) is 0 Å². The highest BCUT2D eigenvalue weighted by Gasteiger charge is 2.22. The fraction of sp³-hybridized carbons (Fsp3) is 0.364. The number of carbonyl (C=O) groups excluding carboxylic acids is 2. The summed E-state index contributed by atoms with van der Waals surface area (Å²) in [7, 11) is 2.05. The van der Waals surface area contributed by atoms with Gasteiger partial charge in [0.25, 0.3) is 11.8 Å². The lowest BCUT2D eigenvalue weighted by atomic mass is 10.1. The van der Waals surface area contributed by atoms with Crippen LogP contribution in [-0.2, 0) is 4.79 Å². The molecule has 1 aliphatic heterocycles. The molecule has 6 nitrogen and oxygen atoms in total. The van der Waals surface area contributed by atoms with E-state index < -0.39 is 0 Å². The van der Waals surface area contributed by atoms with Gasteiger partial charge in [0.1, 0.15) is 5.75 Å². The van der Waals surface area contributed by atoms with Crippen LogP contribution in [0.25, 0.3) is 0 Å². The maximum Gasteiger partial charge on any atom is 0.262 e. The molecule has 148 valence electrons. The average molecular weight is 381 g/mol. The molecule has 1 N–H and O–H groups in total. The van der Waals surface area contributed by atoms with E-state index in [1.807, 2.05) is 50.1 Å². The molecule has 3 rings (SSSR count). The summed E-state index contributed by atoms with van der Waals surface area (Å²) in [5.41, 5.74) is 3.15. The number of aryl methyl sites for hydroxylation is 2. The number of anilines is 1. The van der Waals surface area contributed by atoms with Gasteiger partial charge in [-0.2, -0.15) is 0 Å². The molecule has 6 heteroatoms. The highest BCUT2D eigenvalue weighted by atomic mass is 16.5. The van der Waals surface area contributed by atoms with Crippen molar-refractivity contribution in [1.82, 2.24) is 9.80 Å². The molecule has 0 aromatic heterocycles. The van der Waals surface area contributed by atoms with Crippen LogP contribution in [0.4, 0.5) is 5.69 Å². The van der Waals surface area contributed by atoms with E-state index in [2.05, 4.69) is 10.2 Å². The molecule has 0 saturated carbocycles. The van der Waals surface area contributed by atoms with Gasteiger partial charge in [0, 0.05) is 26.2 Å². The molecule has 1 saturated heterocycles. The third-order valence-electron chi connectivity index (χ3n) is 4.91. The summed E-state index contributed by atoms with van der Waals surface area (Å²) in [6.45, 7) is 6.93. The summed E-state index contributed by atoms with van der Waals surface area (Å²) >= 11 is 0. The van der Waals surface area contributed by atoms with Crippen LogP contribution in [0.15, 0.2) is 42.5 Å². The van der Waals surface area contributed by atoms with Crippen molar-refractivity contribution in [3.8, 4) is 5.75 Å². The second-order valence-corrected chi connectivity index (χ2v) is 7.25. The molecule has 28 heavy (non-hydrogen) atoms. The Bertz CT molecular complexity index is 858. The van der Waals surface area contributed by atoms with Crippen LogP contribution < -0.4 is 10.1 Å². The van der Waals surface area contributed by atoms with E-state index in [1.54, 1.807) is 18.2 Å². The number of carbonyl (C=O) groups is 2. The van der Waals surface area contributed by atoms with E-state index in [4.69, 9.17) is 4.74 Å². The molecule has 1 heterocycles. The first-order chi connectivity index (χ1) is 13.4. The molecule has 0 unspecified atom stereocenters. The van der Waals surface area contributed by atoms with Gasteiger partial charge < -0.3 is 19.9 Å². The van der Waals surface area contributed by atoms with E-state index in [1.165, 1.54) is 0 Å². The van der Waals surface area contributed by atoms with Gasteiger partial charge in [0.2, 0.25) is 0 Å². The van der Waals surface area contributed by atoms with Crippen molar-refractivity contribution in [2.45, 2.75) is 13.8 Å². The van der Waals surface area contributed by atoms with Crippen LogP contribution in [-0.4, -0.2) is 61.4 Å². The lowest BCUT2D eigenvalue weighted by Gasteiger charge is -2.32. The van der Waals surface area contributed by atoms with Crippen LogP contribution in [0.3, 0.4) is 0 Å². The molecule has 1 aliphatic rings. The van der Waals surface area contributed by atoms with Crippen LogP contribution >= 0.6 is 0 Å². The van der Waals surface area contributed by atoms with E-state index in [9.17, 15) is 9.59 Å². The monoisotopic (exact) mass is 381 g/mol. The number of hydrogen-bond donors (Lipinski definition) is 1. The van der Waals surface area contributed by atoms with Crippen LogP contribution in [0.5, 0.6) is 5.75 Å². The molecular formula is C22H27N3O3. The fourth-order valence-electron chi connectivity index (χ4n) is 3.25. The summed E-state index contributed by atoms with van der Waals surface area (Å²) in [6, 6.07) is 12.9. The second-order valence-electron chi connectivity index (χ2n) is 7.25. The topological polar surface area (TPSA) is 61.9 Å². The number of ether oxygens (including phenoxy) is 1. The Hall–Kier alpha value is -2.86. The first kappa shape index (κ1) is 19.9. The zero-order valence-corrected chi connectivity index (χ0v) is 16.7. The van der Waals surface area contributed by atoms with Crippen LogP contribution in [0.2, 0.25) is 0 Å². The SMILES string of the molecule is Cc1ccc(OCC(=O)Nc2ccccc2C(=O)N2CCN(C)CC2)c(C)c1. The molecular weight excluding hydrogens is 354 g/mol. The fourth-order valence-corrected chi connectivity index (χ4v) is 3.25. The number of piperazine rings is 1. The summed E-state index contributed by atoms with van der Waals surface area (Å²) in [5.74, 6) is 0.334. The molecule has 1 fully saturated rings. The van der Waals surface area contributed by atoms with Gasteiger partial charge in [-0.25, -0.2) is 0 Å². The Labute approximate surface area is 166 Å². The normalized spacial score (nSPS) is 14.6. The molecule has 2 aromatic rings. The Balaban J connectivity index is 1.64. The van der Waals surface area contributed by atoms with Crippen molar-refractivity contribution in [3.05, 3.63) is 59.2 Å². The Kier molecular flexibility index (Phi) is 6.31. The predicted molar refractivity (Wildman–Crippen MR) is 110 cm³/mol. The summed E-state index contributed by atoms with van der Waals surface area (Å²) in [6.07, 6.45) is 0. The van der Waals surface area contributed by atoms with Gasteiger partial charge in [-0.1, -0.05) is 29.8 Å². The maximum absolute atomic E-state index is 12.9. The van der Waals surface area contributed by atoms with Gasteiger partial charge in [-0.05, 0) is 44.7 Å². The van der Waals surface area contributed by atoms with Crippen molar-refractivity contribution in [3.63, 3.8) is 0 Å². The van der Waals surface area contributed by atoms with Gasteiger partial charge in [0.15, 0.2) is 6.61 Å². The number of nitrogens with zero attached hydrogens (tertiary/aromatic N) is 2. The van der Waals surface area contributed by atoms with Crippen molar-refractivity contribution >= 4 is 17.5 Å². The van der Waals surface area contributed by atoms with Gasteiger partial charge >= 0.3 is 0 Å². The highest BCUT2D eigenvalue weighted by Crippen LogP contribution is 2.20. The minimum absolute atomic E-state index is 0.0562. The van der Waals surface area contributed by atoms with E-state index in [0.29, 0.717) is 30.1 Å². The standard InChI is InChI=1S/C22H27N3O3/c1-16-8-9-20(17(2)14-16)28-15-21(26)23-19-7-5-4-6-18(19)22(27)25-12-10-24(3)11-13-25/h4-9,14H,10-13,15H2,1-3H3,(H,23,26). The molecule has 0 atom stereocenters. The van der Waals surface area contributed by atoms with Crippen LogP contribution in [0, 0.1) is 13.8 Å². The van der Waals surface area contributed by atoms with Gasteiger partial charge in [0.05, 0.1) is 11.3 Å². The predicted octanol–water partition coefficient (Wildman–Crippen LogP) is 2.71. The first-order valence-electron chi connectivity index (χ1n) is 9.51. The van der Waals surface area contributed by atoms with Crippen molar-refractivity contribution < 1.29 is 14.3 Å². The average Bonchev–Trinajstić information content (AvgIpc) is 2.68.